The molecule has 1 atom stereocenters. The van der Waals surface area contributed by atoms with Crippen LogP contribution in [-0.4, -0.2) is 44.7 Å². The van der Waals surface area contributed by atoms with E-state index in [1.807, 2.05) is 6.92 Å². The van der Waals surface area contributed by atoms with Crippen molar-refractivity contribution >= 4 is 11.8 Å². The SMILES string of the molecule is COC(=O)C1(C)CCC(C(=O)C2CNCCO2)CC1. The Kier molecular flexibility index (Phi) is 4.58. The number of hydrogen-bond acceptors (Lipinski definition) is 5. The number of hydrogen-bond donors (Lipinski definition) is 1. The molecule has 0 bridgehead atoms. The van der Waals surface area contributed by atoms with Crippen molar-refractivity contribution in [3.63, 3.8) is 0 Å². The van der Waals surface area contributed by atoms with Crippen LogP contribution in [0.25, 0.3) is 0 Å². The van der Waals surface area contributed by atoms with Crippen molar-refractivity contribution in [2.75, 3.05) is 26.8 Å². The highest BCUT2D eigenvalue weighted by Gasteiger charge is 2.41. The van der Waals surface area contributed by atoms with Gasteiger partial charge in [-0.05, 0) is 32.6 Å². The molecule has 1 aliphatic carbocycles. The molecule has 0 radical (unpaired) electrons. The van der Waals surface area contributed by atoms with E-state index in [0.717, 1.165) is 32.2 Å². The average molecular weight is 269 g/mol. The third kappa shape index (κ3) is 3.15. The van der Waals surface area contributed by atoms with Gasteiger partial charge in [-0.2, -0.15) is 0 Å². The van der Waals surface area contributed by atoms with Gasteiger partial charge in [-0.25, -0.2) is 0 Å². The summed E-state index contributed by atoms with van der Waals surface area (Å²) in [6.07, 6.45) is 2.64. The third-order valence-corrected chi connectivity index (χ3v) is 4.41. The van der Waals surface area contributed by atoms with Gasteiger partial charge in [0.25, 0.3) is 0 Å². The predicted molar refractivity (Wildman–Crippen MR) is 69.7 cm³/mol. The zero-order chi connectivity index (χ0) is 13.9. The van der Waals surface area contributed by atoms with Crippen LogP contribution in [0.5, 0.6) is 0 Å². The standard InChI is InChI=1S/C14H23NO4/c1-14(13(17)18-2)5-3-10(4-6-14)12(16)11-9-15-7-8-19-11/h10-11,15H,3-9H2,1-2H3. The lowest BCUT2D eigenvalue weighted by molar-refractivity contribution is -0.155. The normalized spacial score (nSPS) is 35.7. The lowest BCUT2D eigenvalue weighted by Crippen LogP contribution is -2.46. The molecular weight excluding hydrogens is 246 g/mol. The number of ether oxygens (including phenoxy) is 2. The molecule has 1 saturated heterocycles. The predicted octanol–water partition coefficient (Wildman–Crippen LogP) is 0.913. The van der Waals surface area contributed by atoms with E-state index in [-0.39, 0.29) is 23.8 Å². The van der Waals surface area contributed by atoms with Gasteiger partial charge < -0.3 is 14.8 Å². The molecule has 1 unspecified atom stereocenters. The first-order valence-corrected chi connectivity index (χ1v) is 7.01. The van der Waals surface area contributed by atoms with Gasteiger partial charge in [0, 0.05) is 19.0 Å². The maximum atomic E-state index is 12.3. The highest BCUT2D eigenvalue weighted by atomic mass is 16.5. The van der Waals surface area contributed by atoms with Crippen LogP contribution in [0.2, 0.25) is 0 Å². The summed E-state index contributed by atoms with van der Waals surface area (Å²) in [7, 11) is 1.42. The minimum atomic E-state index is -0.419. The van der Waals surface area contributed by atoms with Crippen LogP contribution in [-0.2, 0) is 19.1 Å². The molecule has 108 valence electrons. The maximum absolute atomic E-state index is 12.3. The summed E-state index contributed by atoms with van der Waals surface area (Å²) in [4.78, 5) is 24.0. The summed E-state index contributed by atoms with van der Waals surface area (Å²) in [6.45, 7) is 3.96. The fourth-order valence-electron chi connectivity index (χ4n) is 3.00. The van der Waals surface area contributed by atoms with E-state index in [4.69, 9.17) is 9.47 Å². The van der Waals surface area contributed by atoms with Crippen molar-refractivity contribution < 1.29 is 19.1 Å². The van der Waals surface area contributed by atoms with Gasteiger partial charge in [0.2, 0.25) is 0 Å². The Labute approximate surface area is 114 Å². The van der Waals surface area contributed by atoms with Gasteiger partial charge in [0.05, 0.1) is 19.1 Å². The number of methoxy groups -OCH3 is 1. The summed E-state index contributed by atoms with van der Waals surface area (Å²) in [6, 6.07) is 0. The van der Waals surface area contributed by atoms with Crippen LogP contribution in [0, 0.1) is 11.3 Å². The van der Waals surface area contributed by atoms with Gasteiger partial charge in [0.1, 0.15) is 6.10 Å². The Morgan fingerprint density at radius 3 is 2.53 bits per heavy atom. The van der Waals surface area contributed by atoms with E-state index in [1.165, 1.54) is 7.11 Å². The minimum absolute atomic E-state index is 0.0302. The van der Waals surface area contributed by atoms with E-state index in [0.29, 0.717) is 13.2 Å². The Balaban J connectivity index is 1.88. The molecule has 19 heavy (non-hydrogen) atoms. The van der Waals surface area contributed by atoms with Crippen LogP contribution >= 0.6 is 0 Å². The van der Waals surface area contributed by atoms with E-state index in [1.54, 1.807) is 0 Å². The van der Waals surface area contributed by atoms with E-state index >= 15 is 0 Å². The summed E-state index contributed by atoms with van der Waals surface area (Å²) >= 11 is 0. The smallest absolute Gasteiger partial charge is 0.311 e. The molecule has 1 saturated carbocycles. The number of ketones is 1. The summed E-state index contributed by atoms with van der Waals surface area (Å²) in [5, 5.41) is 3.18. The molecule has 1 N–H and O–H groups in total. The van der Waals surface area contributed by atoms with E-state index in [9.17, 15) is 9.59 Å². The van der Waals surface area contributed by atoms with Gasteiger partial charge in [-0.15, -0.1) is 0 Å². The van der Waals surface area contributed by atoms with Crippen molar-refractivity contribution in [1.29, 1.82) is 0 Å². The van der Waals surface area contributed by atoms with Crippen molar-refractivity contribution in [2.24, 2.45) is 11.3 Å². The maximum Gasteiger partial charge on any atom is 0.311 e. The first-order valence-electron chi connectivity index (χ1n) is 7.01. The van der Waals surface area contributed by atoms with E-state index in [2.05, 4.69) is 5.32 Å². The summed E-state index contributed by atoms with van der Waals surface area (Å²) in [5.74, 6) is 0.0655. The van der Waals surface area contributed by atoms with Crippen molar-refractivity contribution in [2.45, 2.75) is 38.7 Å². The molecule has 1 aliphatic heterocycles. The Morgan fingerprint density at radius 1 is 1.32 bits per heavy atom. The number of nitrogens with one attached hydrogen (secondary N) is 1. The average Bonchev–Trinajstić information content (AvgIpc) is 2.47. The Hall–Kier alpha value is -0.940. The molecule has 0 aromatic carbocycles. The molecule has 2 fully saturated rings. The number of carbonyl (C=O) groups excluding carboxylic acids is 2. The first-order chi connectivity index (χ1) is 9.07. The van der Waals surface area contributed by atoms with Crippen LogP contribution < -0.4 is 5.32 Å². The zero-order valence-electron chi connectivity index (χ0n) is 11.7. The number of esters is 1. The van der Waals surface area contributed by atoms with Gasteiger partial charge in [0.15, 0.2) is 5.78 Å². The largest absolute Gasteiger partial charge is 0.469 e. The van der Waals surface area contributed by atoms with Crippen LogP contribution in [0.3, 0.4) is 0 Å². The molecule has 2 aliphatic rings. The fourth-order valence-corrected chi connectivity index (χ4v) is 3.00. The number of carbonyl (C=O) groups is 2. The number of Topliss-reactive ketones (excluding diaryl/α,β-unsaturated/α-hetero) is 1. The quantitative estimate of drug-likeness (QED) is 0.772. The molecular formula is C14H23NO4. The highest BCUT2D eigenvalue weighted by Crippen LogP contribution is 2.40. The lowest BCUT2D eigenvalue weighted by atomic mass is 9.70. The highest BCUT2D eigenvalue weighted by molar-refractivity contribution is 5.86. The van der Waals surface area contributed by atoms with Crippen LogP contribution in [0.1, 0.15) is 32.6 Å². The van der Waals surface area contributed by atoms with Gasteiger partial charge in [-0.1, -0.05) is 0 Å². The molecule has 0 aromatic rings. The Bertz CT molecular complexity index is 341. The van der Waals surface area contributed by atoms with Crippen molar-refractivity contribution in [3.05, 3.63) is 0 Å². The number of rotatable bonds is 3. The second-order valence-corrected chi connectivity index (χ2v) is 5.79. The molecule has 5 heteroatoms. The van der Waals surface area contributed by atoms with Gasteiger partial charge >= 0.3 is 5.97 Å². The van der Waals surface area contributed by atoms with Crippen molar-refractivity contribution in [1.82, 2.24) is 5.32 Å². The second-order valence-electron chi connectivity index (χ2n) is 5.79. The van der Waals surface area contributed by atoms with E-state index < -0.39 is 5.41 Å². The molecule has 5 nitrogen and oxygen atoms in total. The van der Waals surface area contributed by atoms with Crippen LogP contribution in [0.15, 0.2) is 0 Å². The van der Waals surface area contributed by atoms with Crippen LogP contribution in [0.4, 0.5) is 0 Å². The summed E-state index contributed by atoms with van der Waals surface area (Å²) < 4.78 is 10.4. The minimum Gasteiger partial charge on any atom is -0.469 e. The van der Waals surface area contributed by atoms with Crippen molar-refractivity contribution in [3.8, 4) is 0 Å². The topological polar surface area (TPSA) is 64.6 Å². The third-order valence-electron chi connectivity index (χ3n) is 4.41. The summed E-state index contributed by atoms with van der Waals surface area (Å²) in [5.41, 5.74) is -0.419. The monoisotopic (exact) mass is 269 g/mol. The first kappa shape index (κ1) is 14.5. The molecule has 0 amide bonds. The number of morpholine rings is 1. The zero-order valence-corrected chi connectivity index (χ0v) is 11.7. The Morgan fingerprint density at radius 2 is 2.00 bits per heavy atom. The molecule has 0 aromatic heterocycles. The second kappa shape index (κ2) is 6.01. The molecule has 0 spiro atoms. The van der Waals surface area contributed by atoms with Gasteiger partial charge in [-0.3, -0.25) is 9.59 Å². The fraction of sp³-hybridized carbons (Fsp3) is 0.857. The molecule has 2 rings (SSSR count). The molecule has 1 heterocycles. The lowest BCUT2D eigenvalue weighted by Gasteiger charge is -2.35.